The molecular formula is C44H40Cl8N8O6S4. The number of nitrogens with one attached hydrogen (secondary N) is 1. The number of sulfonamides is 1. The van der Waals surface area contributed by atoms with Crippen LogP contribution >= 0.6 is 115 Å². The highest BCUT2D eigenvalue weighted by molar-refractivity contribution is 8.13. The van der Waals surface area contributed by atoms with Gasteiger partial charge in [0, 0.05) is 79.7 Å². The summed E-state index contributed by atoms with van der Waals surface area (Å²) in [4.78, 5) is 27.1. The molecule has 0 aliphatic carbocycles. The van der Waals surface area contributed by atoms with E-state index >= 15 is 0 Å². The predicted molar refractivity (Wildman–Crippen MR) is 287 cm³/mol. The third-order valence-electron chi connectivity index (χ3n) is 10.0. The van der Waals surface area contributed by atoms with E-state index in [1.54, 1.807) is 69.9 Å². The lowest BCUT2D eigenvalue weighted by molar-refractivity contribution is 0.0820. The zero-order chi connectivity index (χ0) is 50.4. The van der Waals surface area contributed by atoms with Gasteiger partial charge in [0.05, 0.1) is 31.2 Å². The first kappa shape index (κ1) is 57.5. The van der Waals surface area contributed by atoms with E-state index in [2.05, 4.69) is 31.8 Å². The normalized spacial score (nSPS) is 13.9. The molecule has 372 valence electrons. The first-order valence-corrected chi connectivity index (χ1v) is 27.8. The van der Waals surface area contributed by atoms with Crippen LogP contribution in [0.2, 0.25) is 30.1 Å². The van der Waals surface area contributed by atoms with Gasteiger partial charge in [-0.2, -0.15) is 4.31 Å². The van der Waals surface area contributed by atoms with Crippen LogP contribution in [0, 0.1) is 0 Å². The number of aromatic nitrogens is 4. The summed E-state index contributed by atoms with van der Waals surface area (Å²) in [6.07, 6.45) is 5.43. The van der Waals surface area contributed by atoms with Crippen LogP contribution in [0.1, 0.15) is 43.6 Å². The lowest BCUT2D eigenvalue weighted by Crippen LogP contribution is -2.34. The van der Waals surface area contributed by atoms with Crippen molar-refractivity contribution in [2.45, 2.75) is 22.6 Å². The number of hydrogen-bond donors (Lipinski definition) is 1. The van der Waals surface area contributed by atoms with Crippen molar-refractivity contribution in [3.05, 3.63) is 136 Å². The van der Waals surface area contributed by atoms with Crippen molar-refractivity contribution in [2.24, 2.45) is 0 Å². The molecule has 2 aliphatic rings. The van der Waals surface area contributed by atoms with Gasteiger partial charge in [0.2, 0.25) is 10.0 Å². The summed E-state index contributed by atoms with van der Waals surface area (Å²) in [6, 6.07) is 18.9. The van der Waals surface area contributed by atoms with Crippen molar-refractivity contribution < 1.29 is 26.4 Å². The molecule has 26 heteroatoms. The van der Waals surface area contributed by atoms with E-state index < -0.39 is 19.1 Å². The summed E-state index contributed by atoms with van der Waals surface area (Å²) >= 11 is 38.6. The Labute approximate surface area is 454 Å². The Balaban J connectivity index is 0.000000218. The molecule has 0 bridgehead atoms. The first-order chi connectivity index (χ1) is 32.5. The molecule has 0 fully saturated rings. The van der Waals surface area contributed by atoms with E-state index in [0.29, 0.717) is 47.7 Å². The molecule has 4 heterocycles. The van der Waals surface area contributed by atoms with Crippen LogP contribution in [-0.2, 0) is 19.1 Å². The van der Waals surface area contributed by atoms with Gasteiger partial charge in [0.1, 0.15) is 29.8 Å². The molecule has 4 aromatic carbocycles. The van der Waals surface area contributed by atoms with Crippen molar-refractivity contribution in [1.29, 1.82) is 0 Å². The van der Waals surface area contributed by atoms with Gasteiger partial charge in [-0.25, -0.2) is 16.8 Å². The lowest BCUT2D eigenvalue weighted by atomic mass is 10.1. The fraction of sp³-hybridized carbons (Fsp3) is 0.227. The van der Waals surface area contributed by atoms with Crippen LogP contribution in [0.3, 0.4) is 0 Å². The fourth-order valence-corrected chi connectivity index (χ4v) is 12.7. The quantitative estimate of drug-likeness (QED) is 0.136. The molecule has 0 unspecified atom stereocenters. The number of benzene rings is 4. The summed E-state index contributed by atoms with van der Waals surface area (Å²) in [7, 11) is 4.28. The molecule has 0 saturated carbocycles. The molecule has 2 aromatic heterocycles. The highest BCUT2D eigenvalue weighted by Crippen LogP contribution is 2.36. The Morgan fingerprint density at radius 1 is 0.600 bits per heavy atom. The second-order valence-corrected chi connectivity index (χ2v) is 24.1. The summed E-state index contributed by atoms with van der Waals surface area (Å²) in [5.74, 6) is -0.291. The number of amides is 2. The van der Waals surface area contributed by atoms with Crippen molar-refractivity contribution >= 4 is 157 Å². The Morgan fingerprint density at radius 3 is 1.44 bits per heavy atom. The number of carbonyl (C=O) groups excluding carboxylic acids is 2. The topological polar surface area (TPSA) is 176 Å². The Morgan fingerprint density at radius 2 is 1.06 bits per heavy atom. The van der Waals surface area contributed by atoms with E-state index in [-0.39, 0.29) is 57.1 Å². The number of hydrogen-bond acceptors (Lipinski definition) is 13. The molecule has 8 rings (SSSR count). The summed E-state index contributed by atoms with van der Waals surface area (Å²) < 4.78 is 49.0. The standard InChI is InChI=1S/C22H19Cl3N4O3S2.C16H17ClN4OS.C6H3Cl3O2S.ClH/c1-28(2)22(30)16-5-3-14(11-17(16)24)21-27-26-20(33-21)13-7-9-29(10-8-13)34(31,32)19-6-4-15(23)12-18(19)25;1-21(2)16(22)12-4-3-11(9-13(12)17)15-20-19-14(23-15)10-5-7-18-8-6-10;7-4-1-2-6(5(8)3-4)12(9,10)11;/h3-7,11-12H,8-10H2,1-2H3;3-5,9,18H,6-8H2,1-2H3;1-3H;1H. The minimum Gasteiger partial charge on any atom is -0.345 e. The average Bonchev–Trinajstić information content (AvgIpc) is 4.01. The van der Waals surface area contributed by atoms with E-state index in [0.717, 1.165) is 46.2 Å². The largest absolute Gasteiger partial charge is 0.345 e. The van der Waals surface area contributed by atoms with Crippen LogP contribution < -0.4 is 5.32 Å². The predicted octanol–water partition coefficient (Wildman–Crippen LogP) is 11.6. The van der Waals surface area contributed by atoms with Crippen molar-refractivity contribution in [3.63, 3.8) is 0 Å². The van der Waals surface area contributed by atoms with E-state index in [1.165, 1.54) is 67.4 Å². The molecule has 0 radical (unpaired) electrons. The van der Waals surface area contributed by atoms with Crippen LogP contribution in [0.25, 0.3) is 32.3 Å². The smallest absolute Gasteiger partial charge is 0.262 e. The highest BCUT2D eigenvalue weighted by atomic mass is 35.7. The van der Waals surface area contributed by atoms with Crippen molar-refractivity contribution in [3.8, 4) is 21.1 Å². The molecule has 0 spiro atoms. The average molecular weight is 1190 g/mol. The molecule has 0 saturated heterocycles. The fourth-order valence-electron chi connectivity index (χ4n) is 6.44. The second-order valence-electron chi connectivity index (χ2n) is 15.2. The molecule has 1 N–H and O–H groups in total. The van der Waals surface area contributed by atoms with Gasteiger partial charge in [-0.05, 0) is 91.2 Å². The third kappa shape index (κ3) is 14.4. The zero-order valence-electron chi connectivity index (χ0n) is 37.1. The van der Waals surface area contributed by atoms with Crippen molar-refractivity contribution in [1.82, 2.24) is 39.8 Å². The maximum atomic E-state index is 13.0. The Bertz CT molecular complexity index is 3200. The number of rotatable bonds is 9. The van der Waals surface area contributed by atoms with Crippen LogP contribution in [-0.4, -0.2) is 118 Å². The van der Waals surface area contributed by atoms with Gasteiger partial charge < -0.3 is 15.1 Å². The highest BCUT2D eigenvalue weighted by Gasteiger charge is 2.29. The van der Waals surface area contributed by atoms with Gasteiger partial charge in [0.25, 0.3) is 20.9 Å². The van der Waals surface area contributed by atoms with Gasteiger partial charge >= 0.3 is 0 Å². The van der Waals surface area contributed by atoms with Gasteiger partial charge in [-0.3, -0.25) is 9.59 Å². The molecule has 2 aliphatic heterocycles. The number of carbonyl (C=O) groups is 2. The summed E-state index contributed by atoms with van der Waals surface area (Å²) in [5.41, 5.74) is 4.69. The van der Waals surface area contributed by atoms with Crippen molar-refractivity contribution in [2.75, 3.05) is 54.4 Å². The minimum absolute atomic E-state index is 0. The zero-order valence-corrected chi connectivity index (χ0v) is 46.5. The second kappa shape index (κ2) is 25.0. The summed E-state index contributed by atoms with van der Waals surface area (Å²) in [6.45, 7) is 2.32. The Kier molecular flexibility index (Phi) is 20.5. The third-order valence-corrected chi connectivity index (χ3v) is 17.4. The minimum atomic E-state index is -3.77. The molecule has 2 amide bonds. The molecule has 70 heavy (non-hydrogen) atoms. The van der Waals surface area contributed by atoms with Gasteiger partial charge in [-0.1, -0.05) is 117 Å². The summed E-state index contributed by atoms with van der Waals surface area (Å²) in [5, 5.41) is 25.1. The molecule has 14 nitrogen and oxygen atoms in total. The SMILES string of the molecule is CN(C)C(=O)c1ccc(-c2nnc(C3=CCN(S(=O)(=O)c4ccc(Cl)cc4Cl)CC3)s2)cc1Cl.CN(C)C(=O)c1ccc(-c2nnc(C3=CCNCC3)s2)cc1Cl.Cl.O=S(=O)(Cl)c1ccc(Cl)cc1Cl. The monoisotopic (exact) mass is 1180 g/mol. The molecule has 6 aromatic rings. The van der Waals surface area contributed by atoms with Crippen LogP contribution in [0.15, 0.2) is 94.7 Å². The van der Waals surface area contributed by atoms with E-state index in [9.17, 15) is 26.4 Å². The number of nitrogens with zero attached hydrogens (tertiary/aromatic N) is 7. The van der Waals surface area contributed by atoms with E-state index in [4.69, 9.17) is 80.3 Å². The Hall–Kier alpha value is -3.44. The lowest BCUT2D eigenvalue weighted by Gasteiger charge is -2.25. The number of halogens is 8. The van der Waals surface area contributed by atoms with Gasteiger partial charge in [-0.15, -0.1) is 32.8 Å². The maximum absolute atomic E-state index is 13.0. The molecule has 0 atom stereocenters. The first-order valence-electron chi connectivity index (χ1n) is 20.2. The maximum Gasteiger partial charge on any atom is 0.262 e. The molecular weight excluding hydrogens is 1150 g/mol. The van der Waals surface area contributed by atoms with Crippen LogP contribution in [0.4, 0.5) is 0 Å². The van der Waals surface area contributed by atoms with Gasteiger partial charge in [0.15, 0.2) is 0 Å². The van der Waals surface area contributed by atoms with E-state index in [1.807, 2.05) is 12.1 Å². The van der Waals surface area contributed by atoms with Crippen LogP contribution in [0.5, 0.6) is 0 Å².